The molecule has 0 radical (unpaired) electrons. The fraction of sp³-hybridized carbons (Fsp3) is 0.160. The van der Waals surface area contributed by atoms with Crippen molar-refractivity contribution in [2.75, 3.05) is 11.1 Å². The van der Waals surface area contributed by atoms with Crippen LogP contribution >= 0.6 is 27.7 Å². The molecule has 0 saturated heterocycles. The zero-order valence-electron chi connectivity index (χ0n) is 18.8. The van der Waals surface area contributed by atoms with Crippen LogP contribution in [0.15, 0.2) is 64.2 Å². The van der Waals surface area contributed by atoms with Crippen molar-refractivity contribution in [3.63, 3.8) is 0 Å². The van der Waals surface area contributed by atoms with Gasteiger partial charge in [-0.1, -0.05) is 51.5 Å². The number of phenolic OH excluding ortho intramolecular Hbond substituents is 1. The lowest BCUT2D eigenvalue weighted by atomic mass is 10.1. The highest BCUT2D eigenvalue weighted by molar-refractivity contribution is 9.10. The van der Waals surface area contributed by atoms with Crippen LogP contribution in [0.1, 0.15) is 16.7 Å². The summed E-state index contributed by atoms with van der Waals surface area (Å²) in [5.41, 5.74) is 4.41. The summed E-state index contributed by atoms with van der Waals surface area (Å²) >= 11 is 4.62. The van der Waals surface area contributed by atoms with Gasteiger partial charge in [0.2, 0.25) is 5.91 Å². The third kappa shape index (κ3) is 5.15. The van der Waals surface area contributed by atoms with Gasteiger partial charge < -0.3 is 10.4 Å². The molecule has 9 heteroatoms. The van der Waals surface area contributed by atoms with E-state index in [2.05, 4.69) is 31.4 Å². The summed E-state index contributed by atoms with van der Waals surface area (Å²) in [4.78, 5) is 12.6. The maximum atomic E-state index is 14.0. The number of thioether (sulfide) groups is 1. The lowest BCUT2D eigenvalue weighted by molar-refractivity contribution is -0.113. The molecule has 3 aromatic carbocycles. The summed E-state index contributed by atoms with van der Waals surface area (Å²) < 4.78 is 16.6. The number of nitrogens with zero attached hydrogens (tertiary/aromatic N) is 3. The Labute approximate surface area is 209 Å². The molecule has 0 spiro atoms. The molecule has 174 valence electrons. The van der Waals surface area contributed by atoms with Gasteiger partial charge in [-0.15, -0.1) is 10.2 Å². The number of rotatable bonds is 6. The number of aromatic nitrogens is 3. The molecule has 2 N–H and O–H groups in total. The number of amides is 1. The fourth-order valence-electron chi connectivity index (χ4n) is 3.55. The summed E-state index contributed by atoms with van der Waals surface area (Å²) in [6.45, 7) is 5.82. The van der Waals surface area contributed by atoms with E-state index in [0.29, 0.717) is 16.5 Å². The molecule has 0 bridgehead atoms. The van der Waals surface area contributed by atoms with Crippen LogP contribution in [0.4, 0.5) is 10.1 Å². The molecule has 0 saturated carbocycles. The third-order valence-corrected chi connectivity index (χ3v) is 6.58. The Bertz CT molecular complexity index is 1390. The lowest BCUT2D eigenvalue weighted by Gasteiger charge is -2.14. The van der Waals surface area contributed by atoms with Crippen molar-refractivity contribution >= 4 is 39.3 Å². The Kier molecular flexibility index (Phi) is 7.04. The average molecular weight is 541 g/mol. The molecule has 0 unspecified atom stereocenters. The zero-order chi connectivity index (χ0) is 24.4. The molecule has 4 aromatic rings. The highest BCUT2D eigenvalue weighted by atomic mass is 79.9. The van der Waals surface area contributed by atoms with Crippen molar-refractivity contribution < 1.29 is 14.3 Å². The first-order chi connectivity index (χ1) is 16.2. The first-order valence-electron chi connectivity index (χ1n) is 10.4. The number of hydrogen-bond acceptors (Lipinski definition) is 5. The van der Waals surface area contributed by atoms with Gasteiger partial charge in [0, 0.05) is 4.47 Å². The summed E-state index contributed by atoms with van der Waals surface area (Å²) in [7, 11) is 0. The number of halogens is 2. The first kappa shape index (κ1) is 24.0. The van der Waals surface area contributed by atoms with Crippen molar-refractivity contribution in [3.05, 3.63) is 81.6 Å². The van der Waals surface area contributed by atoms with Gasteiger partial charge >= 0.3 is 0 Å². The van der Waals surface area contributed by atoms with E-state index >= 15 is 0 Å². The SMILES string of the molecule is Cc1ccc(-n2c(SCC(=O)Nc3cc(C)ccc3F)nnc2-c2cc(Br)ccc2O)c(C)c1. The molecule has 1 amide bonds. The summed E-state index contributed by atoms with van der Waals surface area (Å²) in [6.07, 6.45) is 0. The Hall–Kier alpha value is -3.17. The molecule has 6 nitrogen and oxygen atoms in total. The van der Waals surface area contributed by atoms with Gasteiger partial charge in [-0.2, -0.15) is 0 Å². The van der Waals surface area contributed by atoms with Gasteiger partial charge in [0.15, 0.2) is 11.0 Å². The number of carbonyl (C=O) groups excluding carboxylic acids is 1. The van der Waals surface area contributed by atoms with Crippen LogP contribution in [-0.2, 0) is 4.79 Å². The fourth-order valence-corrected chi connectivity index (χ4v) is 4.66. The van der Waals surface area contributed by atoms with Crippen molar-refractivity contribution in [1.82, 2.24) is 14.8 Å². The Morgan fingerprint density at radius 3 is 2.56 bits per heavy atom. The average Bonchev–Trinajstić information content (AvgIpc) is 3.20. The number of phenols is 1. The highest BCUT2D eigenvalue weighted by Gasteiger charge is 2.21. The maximum Gasteiger partial charge on any atom is 0.234 e. The lowest BCUT2D eigenvalue weighted by Crippen LogP contribution is -2.15. The number of benzene rings is 3. The molecule has 34 heavy (non-hydrogen) atoms. The van der Waals surface area contributed by atoms with Crippen LogP contribution < -0.4 is 5.32 Å². The van der Waals surface area contributed by atoms with Crippen molar-refractivity contribution in [2.24, 2.45) is 0 Å². The van der Waals surface area contributed by atoms with Gasteiger partial charge in [0.1, 0.15) is 11.6 Å². The minimum atomic E-state index is -0.491. The molecule has 0 aliphatic heterocycles. The second-order valence-electron chi connectivity index (χ2n) is 7.91. The van der Waals surface area contributed by atoms with Crippen LogP contribution in [0.5, 0.6) is 5.75 Å². The second kappa shape index (κ2) is 9.99. The summed E-state index contributed by atoms with van der Waals surface area (Å²) in [6, 6.07) is 15.6. The van der Waals surface area contributed by atoms with Crippen molar-refractivity contribution in [1.29, 1.82) is 0 Å². The molecule has 1 aromatic heterocycles. The monoisotopic (exact) mass is 540 g/mol. The standard InChI is InChI=1S/C25H22BrFN4O2S/c1-14-5-8-21(16(3)10-14)31-24(18-12-17(26)6-9-22(18)32)29-30-25(31)34-13-23(33)28-20-11-15(2)4-7-19(20)27/h4-12,32H,13H2,1-3H3,(H,28,33). The van der Waals surface area contributed by atoms with E-state index in [9.17, 15) is 14.3 Å². The van der Waals surface area contributed by atoms with Crippen LogP contribution in [0.3, 0.4) is 0 Å². The topological polar surface area (TPSA) is 80.0 Å². The number of aryl methyl sites for hydroxylation is 3. The maximum absolute atomic E-state index is 14.0. The summed E-state index contributed by atoms with van der Waals surface area (Å²) in [5.74, 6) is -0.350. The summed E-state index contributed by atoms with van der Waals surface area (Å²) in [5, 5.41) is 22.2. The smallest absolute Gasteiger partial charge is 0.234 e. The van der Waals surface area contributed by atoms with Crippen LogP contribution in [-0.4, -0.2) is 31.5 Å². The normalized spacial score (nSPS) is 11.0. The molecule has 1 heterocycles. The number of carbonyl (C=O) groups is 1. The Balaban J connectivity index is 1.68. The minimum absolute atomic E-state index is 0.000883. The van der Waals surface area contributed by atoms with Gasteiger partial charge in [-0.05, 0) is 68.3 Å². The zero-order valence-corrected chi connectivity index (χ0v) is 21.2. The van der Waals surface area contributed by atoms with E-state index in [-0.39, 0.29) is 23.1 Å². The molecule has 0 atom stereocenters. The Morgan fingerprint density at radius 1 is 1.06 bits per heavy atom. The van der Waals surface area contributed by atoms with E-state index in [1.807, 2.05) is 43.5 Å². The second-order valence-corrected chi connectivity index (χ2v) is 9.77. The van der Waals surface area contributed by atoms with Crippen LogP contribution in [0.2, 0.25) is 0 Å². The number of hydrogen-bond donors (Lipinski definition) is 2. The van der Waals surface area contributed by atoms with Gasteiger partial charge in [-0.3, -0.25) is 9.36 Å². The molecule has 4 rings (SSSR count). The van der Waals surface area contributed by atoms with E-state index in [0.717, 1.165) is 26.9 Å². The largest absolute Gasteiger partial charge is 0.507 e. The van der Waals surface area contributed by atoms with E-state index in [1.54, 1.807) is 30.3 Å². The van der Waals surface area contributed by atoms with Crippen molar-refractivity contribution in [3.8, 4) is 22.8 Å². The molecule has 0 aliphatic rings. The van der Waals surface area contributed by atoms with E-state index in [1.165, 1.54) is 17.8 Å². The van der Waals surface area contributed by atoms with Gasteiger partial charge in [-0.25, -0.2) is 4.39 Å². The Morgan fingerprint density at radius 2 is 1.79 bits per heavy atom. The number of aromatic hydroxyl groups is 1. The molecule has 0 fully saturated rings. The first-order valence-corrected chi connectivity index (χ1v) is 12.2. The molecule has 0 aliphatic carbocycles. The third-order valence-electron chi connectivity index (χ3n) is 5.15. The predicted molar refractivity (Wildman–Crippen MR) is 136 cm³/mol. The van der Waals surface area contributed by atoms with E-state index < -0.39 is 5.82 Å². The highest BCUT2D eigenvalue weighted by Crippen LogP contribution is 2.35. The minimum Gasteiger partial charge on any atom is -0.507 e. The molecular weight excluding hydrogens is 519 g/mol. The number of nitrogens with one attached hydrogen (secondary N) is 1. The van der Waals surface area contributed by atoms with Crippen molar-refractivity contribution in [2.45, 2.75) is 25.9 Å². The molecular formula is C25H22BrFN4O2S. The van der Waals surface area contributed by atoms with Gasteiger partial charge in [0.05, 0.1) is 22.7 Å². The number of anilines is 1. The predicted octanol–water partition coefficient (Wildman–Crippen LogP) is 6.20. The van der Waals surface area contributed by atoms with Gasteiger partial charge in [0.25, 0.3) is 0 Å². The van der Waals surface area contributed by atoms with Crippen LogP contribution in [0, 0.1) is 26.6 Å². The van der Waals surface area contributed by atoms with Crippen LogP contribution in [0.25, 0.3) is 17.1 Å². The van der Waals surface area contributed by atoms with E-state index in [4.69, 9.17) is 0 Å². The quantitative estimate of drug-likeness (QED) is 0.284.